The number of carbonyl (C=O) groups is 3. The fourth-order valence-corrected chi connectivity index (χ4v) is 2.12. The number of carbonyl (C=O) groups excluding carboxylic acids is 3. The van der Waals surface area contributed by atoms with Crippen LogP contribution in [0.25, 0.3) is 0 Å². The molecule has 1 aliphatic rings. The third-order valence-corrected chi connectivity index (χ3v) is 2.78. The van der Waals surface area contributed by atoms with Crippen molar-refractivity contribution < 1.29 is 38.1 Å². The molecule has 1 aliphatic heterocycles. The summed E-state index contributed by atoms with van der Waals surface area (Å²) in [6.45, 7) is 3.83. The van der Waals surface area contributed by atoms with Crippen molar-refractivity contribution >= 4 is 17.9 Å². The lowest BCUT2D eigenvalue weighted by molar-refractivity contribution is -0.230. The molecule has 4 atom stereocenters. The molecule has 120 valence electrons. The third-order valence-electron chi connectivity index (χ3n) is 2.78. The van der Waals surface area contributed by atoms with Gasteiger partial charge in [0.05, 0.1) is 13.2 Å². The predicted octanol–water partition coefficient (Wildman–Crippen LogP) is -0.173. The van der Waals surface area contributed by atoms with Crippen LogP contribution < -0.4 is 0 Å². The Morgan fingerprint density at radius 3 is 1.95 bits per heavy atom. The minimum absolute atomic E-state index is 0.0172. The van der Waals surface area contributed by atoms with Crippen molar-refractivity contribution in [2.45, 2.75) is 45.2 Å². The average molecular weight is 304 g/mol. The van der Waals surface area contributed by atoms with E-state index in [-0.39, 0.29) is 13.2 Å². The van der Waals surface area contributed by atoms with Gasteiger partial charge >= 0.3 is 17.9 Å². The molecule has 0 unspecified atom stereocenters. The molecule has 0 bridgehead atoms. The van der Waals surface area contributed by atoms with Gasteiger partial charge in [0.2, 0.25) is 0 Å². The highest BCUT2D eigenvalue weighted by Crippen LogP contribution is 2.24. The highest BCUT2D eigenvalue weighted by atomic mass is 16.6. The van der Waals surface area contributed by atoms with Gasteiger partial charge in [-0.25, -0.2) is 0 Å². The van der Waals surface area contributed by atoms with E-state index >= 15 is 0 Å². The number of rotatable bonds is 5. The van der Waals surface area contributed by atoms with E-state index in [0.29, 0.717) is 0 Å². The van der Waals surface area contributed by atoms with Gasteiger partial charge in [-0.2, -0.15) is 0 Å². The van der Waals surface area contributed by atoms with Crippen molar-refractivity contribution in [3.05, 3.63) is 0 Å². The van der Waals surface area contributed by atoms with E-state index in [9.17, 15) is 14.4 Å². The largest absolute Gasteiger partial charge is 0.456 e. The van der Waals surface area contributed by atoms with E-state index in [4.69, 9.17) is 23.7 Å². The van der Waals surface area contributed by atoms with Crippen molar-refractivity contribution in [3.63, 3.8) is 0 Å². The van der Waals surface area contributed by atoms with Crippen molar-refractivity contribution in [3.8, 4) is 0 Å². The molecule has 8 nitrogen and oxygen atoms in total. The van der Waals surface area contributed by atoms with Gasteiger partial charge < -0.3 is 23.7 Å². The molecule has 0 amide bonds. The molecule has 0 radical (unpaired) electrons. The number of esters is 3. The Morgan fingerprint density at radius 2 is 1.48 bits per heavy atom. The predicted molar refractivity (Wildman–Crippen MR) is 68.3 cm³/mol. The lowest BCUT2D eigenvalue weighted by Gasteiger charge is -2.40. The smallest absolute Gasteiger partial charge is 0.303 e. The zero-order valence-electron chi connectivity index (χ0n) is 12.5. The molecule has 0 saturated carbocycles. The summed E-state index contributed by atoms with van der Waals surface area (Å²) in [6, 6.07) is 0. The van der Waals surface area contributed by atoms with E-state index in [0.717, 1.165) is 0 Å². The molecule has 1 heterocycles. The fourth-order valence-electron chi connectivity index (χ4n) is 2.12. The number of ether oxygens (including phenoxy) is 5. The SMILES string of the molecule is COC[C@@H]1OC[C@@H](OC(C)=O)[C@H](OC(C)=O)[C@H]1OC(C)=O. The first-order chi connectivity index (χ1) is 9.85. The fraction of sp³-hybridized carbons (Fsp3) is 0.769. The number of hydrogen-bond donors (Lipinski definition) is 0. The second kappa shape index (κ2) is 7.94. The summed E-state index contributed by atoms with van der Waals surface area (Å²) >= 11 is 0. The maximum atomic E-state index is 11.3. The number of methoxy groups -OCH3 is 1. The Kier molecular flexibility index (Phi) is 6.57. The van der Waals surface area contributed by atoms with Gasteiger partial charge in [-0.1, -0.05) is 0 Å². The summed E-state index contributed by atoms with van der Waals surface area (Å²) in [5.74, 6) is -1.69. The lowest BCUT2D eigenvalue weighted by atomic mass is 9.99. The molecule has 0 N–H and O–H groups in total. The van der Waals surface area contributed by atoms with E-state index < -0.39 is 42.3 Å². The first-order valence-electron chi connectivity index (χ1n) is 6.47. The maximum Gasteiger partial charge on any atom is 0.303 e. The Labute approximate surface area is 122 Å². The van der Waals surface area contributed by atoms with Gasteiger partial charge in [-0.05, 0) is 0 Å². The molecule has 0 aliphatic carbocycles. The van der Waals surface area contributed by atoms with E-state index in [1.54, 1.807) is 0 Å². The van der Waals surface area contributed by atoms with Crippen LogP contribution in [0.2, 0.25) is 0 Å². The standard InChI is InChI=1S/C13H20O8/c1-7(14)19-11-6-18-10(5-17-4)12(20-8(2)15)13(11)21-9(3)16/h10-13H,5-6H2,1-4H3/t10-,11+,12-,13-/m0/s1. The first kappa shape index (κ1) is 17.4. The summed E-state index contributed by atoms with van der Waals surface area (Å²) in [4.78, 5) is 33.6. The van der Waals surface area contributed by atoms with Crippen LogP contribution in [-0.2, 0) is 38.1 Å². The summed E-state index contributed by atoms with van der Waals surface area (Å²) in [7, 11) is 1.47. The molecule has 1 fully saturated rings. The minimum atomic E-state index is -0.941. The Balaban J connectivity index is 2.97. The van der Waals surface area contributed by atoms with Crippen LogP contribution in [0.5, 0.6) is 0 Å². The highest BCUT2D eigenvalue weighted by Gasteiger charge is 2.46. The molecule has 1 saturated heterocycles. The zero-order valence-corrected chi connectivity index (χ0v) is 12.5. The van der Waals surface area contributed by atoms with Crippen LogP contribution in [0, 0.1) is 0 Å². The highest BCUT2D eigenvalue weighted by molar-refractivity contribution is 5.68. The Hall–Kier alpha value is -1.67. The molecule has 8 heteroatoms. The molecule has 0 spiro atoms. The second-order valence-corrected chi connectivity index (χ2v) is 4.62. The summed E-state index contributed by atoms with van der Waals surface area (Å²) in [5.41, 5.74) is 0. The van der Waals surface area contributed by atoms with E-state index in [1.165, 1.54) is 27.9 Å². The van der Waals surface area contributed by atoms with Crippen molar-refractivity contribution in [2.75, 3.05) is 20.3 Å². The van der Waals surface area contributed by atoms with Gasteiger partial charge in [0.15, 0.2) is 18.3 Å². The van der Waals surface area contributed by atoms with Crippen LogP contribution in [-0.4, -0.2) is 62.6 Å². The van der Waals surface area contributed by atoms with Crippen molar-refractivity contribution in [1.29, 1.82) is 0 Å². The number of hydrogen-bond acceptors (Lipinski definition) is 8. The van der Waals surface area contributed by atoms with Crippen LogP contribution in [0.3, 0.4) is 0 Å². The van der Waals surface area contributed by atoms with Crippen LogP contribution in [0.15, 0.2) is 0 Å². The summed E-state index contributed by atoms with van der Waals surface area (Å²) in [6.07, 6.45) is -3.31. The third kappa shape index (κ3) is 5.31. The van der Waals surface area contributed by atoms with Crippen molar-refractivity contribution in [2.24, 2.45) is 0 Å². The van der Waals surface area contributed by atoms with Gasteiger partial charge in [-0.15, -0.1) is 0 Å². The van der Waals surface area contributed by atoms with Gasteiger partial charge in [0, 0.05) is 27.9 Å². The van der Waals surface area contributed by atoms with Gasteiger partial charge in [0.1, 0.15) is 6.10 Å². The second-order valence-electron chi connectivity index (χ2n) is 4.62. The molecule has 0 aromatic rings. The summed E-state index contributed by atoms with van der Waals surface area (Å²) in [5, 5.41) is 0. The van der Waals surface area contributed by atoms with Gasteiger partial charge in [0.25, 0.3) is 0 Å². The quantitative estimate of drug-likeness (QED) is 0.510. The van der Waals surface area contributed by atoms with E-state index in [1.807, 2.05) is 0 Å². The minimum Gasteiger partial charge on any atom is -0.456 e. The molecule has 1 rings (SSSR count). The average Bonchev–Trinajstić information content (AvgIpc) is 2.35. The lowest BCUT2D eigenvalue weighted by Crippen LogP contribution is -2.58. The monoisotopic (exact) mass is 304 g/mol. The normalized spacial score (nSPS) is 28.6. The van der Waals surface area contributed by atoms with Crippen LogP contribution in [0.4, 0.5) is 0 Å². The van der Waals surface area contributed by atoms with E-state index in [2.05, 4.69) is 0 Å². The molecule has 0 aromatic heterocycles. The van der Waals surface area contributed by atoms with Crippen LogP contribution in [0.1, 0.15) is 20.8 Å². The maximum absolute atomic E-state index is 11.3. The van der Waals surface area contributed by atoms with Gasteiger partial charge in [-0.3, -0.25) is 14.4 Å². The molecule has 0 aromatic carbocycles. The molecular weight excluding hydrogens is 284 g/mol. The summed E-state index contributed by atoms with van der Waals surface area (Å²) < 4.78 is 25.9. The van der Waals surface area contributed by atoms with Crippen molar-refractivity contribution in [1.82, 2.24) is 0 Å². The first-order valence-corrected chi connectivity index (χ1v) is 6.47. The van der Waals surface area contributed by atoms with Crippen LogP contribution >= 0.6 is 0 Å². The zero-order chi connectivity index (χ0) is 16.0. The Morgan fingerprint density at radius 1 is 0.952 bits per heavy atom. The molecular formula is C13H20O8. The topological polar surface area (TPSA) is 97.4 Å². The Bertz CT molecular complexity index is 394. The molecule has 21 heavy (non-hydrogen) atoms.